The smallest absolute Gasteiger partial charge is 0.410 e. The summed E-state index contributed by atoms with van der Waals surface area (Å²) in [4.78, 5) is 20.9. The van der Waals surface area contributed by atoms with E-state index in [1.165, 1.54) is 23.1 Å². The Morgan fingerprint density at radius 1 is 1.18 bits per heavy atom. The van der Waals surface area contributed by atoms with Crippen LogP contribution in [-0.4, -0.2) is 53.2 Å². The van der Waals surface area contributed by atoms with Gasteiger partial charge in [-0.1, -0.05) is 12.1 Å². The molecule has 1 aliphatic carbocycles. The molecule has 3 heterocycles. The number of methoxy groups -OCH3 is 1. The second kappa shape index (κ2) is 7.09. The van der Waals surface area contributed by atoms with Gasteiger partial charge in [0.25, 0.3) is 0 Å². The quantitative estimate of drug-likeness (QED) is 0.800. The maximum atomic E-state index is 12.3. The van der Waals surface area contributed by atoms with Crippen molar-refractivity contribution < 1.29 is 14.3 Å². The molecule has 146 valence electrons. The van der Waals surface area contributed by atoms with Gasteiger partial charge in [0.2, 0.25) is 0 Å². The number of ether oxygens (including phenoxy) is 2. The topological polar surface area (TPSA) is 54.9 Å². The van der Waals surface area contributed by atoms with Gasteiger partial charge in [0.05, 0.1) is 25.4 Å². The van der Waals surface area contributed by atoms with Gasteiger partial charge in [-0.05, 0) is 48.6 Å². The molecule has 6 nitrogen and oxygen atoms in total. The minimum atomic E-state index is -0.226. The fraction of sp³-hybridized carbons (Fsp3) is 0.455. The predicted molar refractivity (Wildman–Crippen MR) is 104 cm³/mol. The first-order valence-electron chi connectivity index (χ1n) is 9.99. The highest BCUT2D eigenvalue weighted by molar-refractivity contribution is 5.71. The van der Waals surface area contributed by atoms with Crippen molar-refractivity contribution in [2.24, 2.45) is 0 Å². The Labute approximate surface area is 165 Å². The van der Waals surface area contributed by atoms with E-state index in [-0.39, 0.29) is 18.2 Å². The molecule has 0 unspecified atom stereocenters. The average molecular weight is 379 g/mol. The zero-order valence-electron chi connectivity index (χ0n) is 16.1. The number of amides is 1. The van der Waals surface area contributed by atoms with Crippen LogP contribution in [-0.2, 0) is 30.7 Å². The van der Waals surface area contributed by atoms with Gasteiger partial charge in [-0.15, -0.1) is 0 Å². The number of nitrogens with zero attached hydrogens (tertiary/aromatic N) is 3. The highest BCUT2D eigenvalue weighted by Crippen LogP contribution is 2.33. The van der Waals surface area contributed by atoms with E-state index < -0.39 is 0 Å². The molecule has 0 radical (unpaired) electrons. The number of fused-ring (bicyclic) bond motifs is 2. The lowest BCUT2D eigenvalue weighted by Gasteiger charge is -2.23. The molecule has 28 heavy (non-hydrogen) atoms. The van der Waals surface area contributed by atoms with Crippen molar-refractivity contribution in [3.05, 3.63) is 58.9 Å². The minimum absolute atomic E-state index is 0.0726. The maximum absolute atomic E-state index is 12.3. The van der Waals surface area contributed by atoms with E-state index in [0.717, 1.165) is 43.9 Å². The van der Waals surface area contributed by atoms with Gasteiger partial charge in [-0.3, -0.25) is 14.8 Å². The molecular formula is C22H25N3O3. The Kier molecular flexibility index (Phi) is 4.43. The van der Waals surface area contributed by atoms with Crippen LogP contribution >= 0.6 is 0 Å². The van der Waals surface area contributed by atoms with Crippen molar-refractivity contribution in [1.82, 2.24) is 14.8 Å². The van der Waals surface area contributed by atoms with E-state index in [9.17, 15) is 4.79 Å². The molecule has 1 aromatic heterocycles. The van der Waals surface area contributed by atoms with Crippen LogP contribution in [0, 0.1) is 0 Å². The number of carbonyl (C=O) groups excluding carboxylic acids is 1. The summed E-state index contributed by atoms with van der Waals surface area (Å²) < 4.78 is 11.3. The molecule has 2 aliphatic heterocycles. The second-order valence-electron chi connectivity index (χ2n) is 7.92. The second-order valence-corrected chi connectivity index (χ2v) is 7.92. The van der Waals surface area contributed by atoms with Crippen LogP contribution in [0.4, 0.5) is 4.79 Å². The van der Waals surface area contributed by atoms with Crippen molar-refractivity contribution in [3.8, 4) is 5.75 Å². The van der Waals surface area contributed by atoms with E-state index >= 15 is 0 Å². The molecule has 1 aromatic carbocycles. The van der Waals surface area contributed by atoms with Crippen LogP contribution in [0.5, 0.6) is 5.75 Å². The van der Waals surface area contributed by atoms with Crippen LogP contribution in [0.2, 0.25) is 0 Å². The van der Waals surface area contributed by atoms with E-state index in [4.69, 9.17) is 9.47 Å². The van der Waals surface area contributed by atoms with Crippen LogP contribution in [0.1, 0.15) is 28.8 Å². The summed E-state index contributed by atoms with van der Waals surface area (Å²) in [6.45, 7) is 2.88. The monoisotopic (exact) mass is 379 g/mol. The summed E-state index contributed by atoms with van der Waals surface area (Å²) in [5.41, 5.74) is 5.00. The Morgan fingerprint density at radius 3 is 2.82 bits per heavy atom. The van der Waals surface area contributed by atoms with Crippen molar-refractivity contribution in [2.75, 3.05) is 20.2 Å². The summed E-state index contributed by atoms with van der Waals surface area (Å²) in [6, 6.07) is 10.4. The van der Waals surface area contributed by atoms with Crippen molar-refractivity contribution in [3.63, 3.8) is 0 Å². The average Bonchev–Trinajstić information content (AvgIpc) is 3.38. The molecule has 0 N–H and O–H groups in total. The van der Waals surface area contributed by atoms with E-state index in [1.54, 1.807) is 13.3 Å². The van der Waals surface area contributed by atoms with Gasteiger partial charge < -0.3 is 9.47 Å². The van der Waals surface area contributed by atoms with Gasteiger partial charge >= 0.3 is 6.09 Å². The van der Waals surface area contributed by atoms with Crippen molar-refractivity contribution in [1.29, 1.82) is 0 Å². The number of carbonyl (C=O) groups is 1. The fourth-order valence-electron chi connectivity index (χ4n) is 4.76. The molecule has 2 atom stereocenters. The van der Waals surface area contributed by atoms with E-state index in [1.807, 2.05) is 23.1 Å². The van der Waals surface area contributed by atoms with Gasteiger partial charge in [0.1, 0.15) is 11.9 Å². The van der Waals surface area contributed by atoms with Crippen molar-refractivity contribution in [2.45, 2.75) is 44.5 Å². The maximum Gasteiger partial charge on any atom is 0.410 e. The normalized spacial score (nSPS) is 23.6. The number of hydrogen-bond acceptors (Lipinski definition) is 5. The number of aryl methyl sites for hydroxylation is 2. The SMILES string of the molecule is COc1cc2c(cc1CN1C[C@@H]3OC(=O)N(Cc4ccccn4)[C@@H]3C1)CCC2. The first-order chi connectivity index (χ1) is 13.7. The van der Waals surface area contributed by atoms with Crippen LogP contribution < -0.4 is 4.74 Å². The van der Waals surface area contributed by atoms with Gasteiger partial charge in [0.15, 0.2) is 0 Å². The molecule has 3 aliphatic rings. The molecule has 2 fully saturated rings. The summed E-state index contributed by atoms with van der Waals surface area (Å²) >= 11 is 0. The molecule has 1 amide bonds. The largest absolute Gasteiger partial charge is 0.496 e. The number of rotatable bonds is 5. The number of likely N-dealkylation sites (tertiary alicyclic amines) is 1. The zero-order valence-corrected chi connectivity index (χ0v) is 16.1. The van der Waals surface area contributed by atoms with Crippen LogP contribution in [0.15, 0.2) is 36.5 Å². The van der Waals surface area contributed by atoms with Gasteiger partial charge in [-0.2, -0.15) is 0 Å². The molecule has 2 saturated heterocycles. The lowest BCUT2D eigenvalue weighted by molar-refractivity contribution is 0.119. The first-order valence-corrected chi connectivity index (χ1v) is 9.99. The summed E-state index contributed by atoms with van der Waals surface area (Å²) in [7, 11) is 1.75. The molecule has 0 saturated carbocycles. The third kappa shape index (κ3) is 3.11. The zero-order chi connectivity index (χ0) is 19.1. The predicted octanol–water partition coefficient (Wildman–Crippen LogP) is 2.78. The molecule has 0 bridgehead atoms. The highest BCUT2D eigenvalue weighted by Gasteiger charge is 2.47. The Balaban J connectivity index is 1.30. The van der Waals surface area contributed by atoms with E-state index in [2.05, 4.69) is 22.0 Å². The van der Waals surface area contributed by atoms with Crippen LogP contribution in [0.25, 0.3) is 0 Å². The lowest BCUT2D eigenvalue weighted by atomic mass is 10.0. The Hall–Kier alpha value is -2.60. The first kappa shape index (κ1) is 17.5. The number of aromatic nitrogens is 1. The van der Waals surface area contributed by atoms with Gasteiger partial charge in [0, 0.05) is 31.4 Å². The Bertz CT molecular complexity index is 886. The molecular weight excluding hydrogens is 354 g/mol. The van der Waals surface area contributed by atoms with E-state index in [0.29, 0.717) is 6.54 Å². The third-order valence-electron chi connectivity index (χ3n) is 6.15. The number of pyridine rings is 1. The van der Waals surface area contributed by atoms with Crippen LogP contribution in [0.3, 0.4) is 0 Å². The van der Waals surface area contributed by atoms with Crippen molar-refractivity contribution >= 4 is 6.09 Å². The fourth-order valence-corrected chi connectivity index (χ4v) is 4.76. The Morgan fingerprint density at radius 2 is 2.04 bits per heavy atom. The summed E-state index contributed by atoms with van der Waals surface area (Å²) in [5, 5.41) is 0. The minimum Gasteiger partial charge on any atom is -0.496 e. The lowest BCUT2D eigenvalue weighted by Crippen LogP contribution is -2.37. The number of hydrogen-bond donors (Lipinski definition) is 0. The molecule has 0 spiro atoms. The molecule has 5 rings (SSSR count). The standard InChI is InChI=1S/C22H25N3O3/c1-27-20-10-16-6-4-5-15(16)9-17(20)11-24-13-19-21(14-24)28-22(26)25(19)12-18-7-2-3-8-23-18/h2-3,7-10,19,21H,4-6,11-14H2,1H3/t19-,21+/m1/s1. The number of benzene rings is 1. The highest BCUT2D eigenvalue weighted by atomic mass is 16.6. The van der Waals surface area contributed by atoms with Gasteiger partial charge in [-0.25, -0.2) is 4.79 Å². The molecule has 2 aromatic rings. The third-order valence-corrected chi connectivity index (χ3v) is 6.15. The summed E-state index contributed by atoms with van der Waals surface area (Å²) in [5.74, 6) is 0.972. The molecule has 6 heteroatoms. The summed E-state index contributed by atoms with van der Waals surface area (Å²) in [6.07, 6.45) is 5.00.